The predicted octanol–water partition coefficient (Wildman–Crippen LogP) is 3.64. The molecule has 0 radical (unpaired) electrons. The fourth-order valence-corrected chi connectivity index (χ4v) is 2.59. The van der Waals surface area contributed by atoms with Crippen LogP contribution in [0.2, 0.25) is 10.0 Å². The minimum atomic E-state index is -1.03. The SMILES string of the molecule is Cc1c(Cl)ccc(C(=O)C(CC=CC(=O)O)NC2CC2)c1Cl. The van der Waals surface area contributed by atoms with Crippen LogP contribution in [-0.4, -0.2) is 28.9 Å². The minimum Gasteiger partial charge on any atom is -0.478 e. The summed E-state index contributed by atoms with van der Waals surface area (Å²) in [5.74, 6) is -1.18. The lowest BCUT2D eigenvalue weighted by Gasteiger charge is -2.17. The van der Waals surface area contributed by atoms with E-state index < -0.39 is 12.0 Å². The monoisotopic (exact) mass is 341 g/mol. The Morgan fingerprint density at radius 1 is 1.41 bits per heavy atom. The van der Waals surface area contributed by atoms with Crippen LogP contribution in [0.25, 0.3) is 0 Å². The quantitative estimate of drug-likeness (QED) is 0.587. The van der Waals surface area contributed by atoms with E-state index in [-0.39, 0.29) is 5.78 Å². The van der Waals surface area contributed by atoms with Gasteiger partial charge in [0.15, 0.2) is 5.78 Å². The Bertz CT molecular complexity index is 624. The third-order valence-corrected chi connectivity index (χ3v) is 4.45. The van der Waals surface area contributed by atoms with Gasteiger partial charge in [-0.2, -0.15) is 0 Å². The Morgan fingerprint density at radius 2 is 2.09 bits per heavy atom. The highest BCUT2D eigenvalue weighted by Gasteiger charge is 2.29. The predicted molar refractivity (Wildman–Crippen MR) is 86.9 cm³/mol. The third kappa shape index (κ3) is 4.32. The van der Waals surface area contributed by atoms with Crippen molar-refractivity contribution in [3.63, 3.8) is 0 Å². The number of carbonyl (C=O) groups excluding carboxylic acids is 1. The zero-order valence-corrected chi connectivity index (χ0v) is 13.6. The number of hydrogen-bond acceptors (Lipinski definition) is 3. The number of carbonyl (C=O) groups is 2. The molecular weight excluding hydrogens is 325 g/mol. The summed E-state index contributed by atoms with van der Waals surface area (Å²) in [6.07, 6.45) is 4.89. The lowest BCUT2D eigenvalue weighted by Crippen LogP contribution is -2.38. The maximum absolute atomic E-state index is 12.7. The highest BCUT2D eigenvalue weighted by molar-refractivity contribution is 6.38. The number of benzene rings is 1. The number of halogens is 2. The summed E-state index contributed by atoms with van der Waals surface area (Å²) in [6, 6.07) is 3.10. The summed E-state index contributed by atoms with van der Waals surface area (Å²) >= 11 is 12.2. The number of Topliss-reactive ketones (excluding diaryl/α,β-unsaturated/α-hetero) is 1. The van der Waals surface area contributed by atoms with Gasteiger partial charge in [0.05, 0.1) is 11.1 Å². The van der Waals surface area contributed by atoms with Crippen molar-refractivity contribution in [1.29, 1.82) is 0 Å². The molecule has 0 aliphatic heterocycles. The molecule has 2 rings (SSSR count). The highest BCUT2D eigenvalue weighted by atomic mass is 35.5. The Balaban J connectivity index is 2.20. The Kier molecular flexibility index (Phi) is 5.62. The zero-order valence-electron chi connectivity index (χ0n) is 12.1. The Morgan fingerprint density at radius 3 is 2.68 bits per heavy atom. The van der Waals surface area contributed by atoms with Crippen LogP contribution >= 0.6 is 23.2 Å². The van der Waals surface area contributed by atoms with Gasteiger partial charge in [-0.3, -0.25) is 4.79 Å². The molecule has 0 saturated heterocycles. The molecule has 1 fully saturated rings. The molecule has 1 unspecified atom stereocenters. The lowest BCUT2D eigenvalue weighted by atomic mass is 9.99. The molecule has 118 valence electrons. The van der Waals surface area contributed by atoms with Gasteiger partial charge in [0.1, 0.15) is 0 Å². The smallest absolute Gasteiger partial charge is 0.327 e. The molecule has 4 nitrogen and oxygen atoms in total. The Hall–Kier alpha value is -1.36. The number of hydrogen-bond donors (Lipinski definition) is 2. The molecule has 6 heteroatoms. The molecule has 1 saturated carbocycles. The first kappa shape index (κ1) is 17.0. The number of ketones is 1. The number of nitrogens with one attached hydrogen (secondary N) is 1. The van der Waals surface area contributed by atoms with Crippen molar-refractivity contribution in [2.75, 3.05) is 0 Å². The lowest BCUT2D eigenvalue weighted by molar-refractivity contribution is -0.131. The number of carboxylic acid groups (broad SMARTS) is 1. The van der Waals surface area contributed by atoms with Crippen molar-refractivity contribution in [3.8, 4) is 0 Å². The van der Waals surface area contributed by atoms with Crippen molar-refractivity contribution < 1.29 is 14.7 Å². The van der Waals surface area contributed by atoms with E-state index in [9.17, 15) is 9.59 Å². The molecule has 22 heavy (non-hydrogen) atoms. The van der Waals surface area contributed by atoms with Crippen LogP contribution in [0.1, 0.15) is 35.2 Å². The van der Waals surface area contributed by atoms with Gasteiger partial charge in [-0.05, 0) is 43.9 Å². The van der Waals surface area contributed by atoms with Crippen LogP contribution in [-0.2, 0) is 4.79 Å². The first-order chi connectivity index (χ1) is 10.4. The van der Waals surface area contributed by atoms with Gasteiger partial charge in [-0.15, -0.1) is 0 Å². The van der Waals surface area contributed by atoms with Crippen LogP contribution in [0.4, 0.5) is 0 Å². The van der Waals surface area contributed by atoms with Gasteiger partial charge in [0.25, 0.3) is 0 Å². The molecule has 0 amide bonds. The molecule has 2 N–H and O–H groups in total. The molecule has 1 atom stereocenters. The maximum Gasteiger partial charge on any atom is 0.327 e. The van der Waals surface area contributed by atoms with Crippen molar-refractivity contribution in [2.24, 2.45) is 0 Å². The van der Waals surface area contributed by atoms with Crippen LogP contribution in [0.5, 0.6) is 0 Å². The molecule has 0 heterocycles. The van der Waals surface area contributed by atoms with Crippen molar-refractivity contribution >= 4 is 35.0 Å². The number of aliphatic carboxylic acids is 1. The first-order valence-corrected chi connectivity index (χ1v) is 7.80. The summed E-state index contributed by atoms with van der Waals surface area (Å²) in [5, 5.41) is 12.8. The molecule has 1 aliphatic rings. The van der Waals surface area contributed by atoms with Crippen LogP contribution in [0, 0.1) is 6.92 Å². The summed E-state index contributed by atoms with van der Waals surface area (Å²) in [4.78, 5) is 23.3. The fraction of sp³-hybridized carbons (Fsp3) is 0.375. The Labute approximate surface area is 139 Å². The summed E-state index contributed by atoms with van der Waals surface area (Å²) < 4.78 is 0. The molecule has 1 aliphatic carbocycles. The average Bonchev–Trinajstić information content (AvgIpc) is 3.27. The second kappa shape index (κ2) is 7.27. The second-order valence-electron chi connectivity index (χ2n) is 5.37. The second-order valence-corrected chi connectivity index (χ2v) is 6.15. The van der Waals surface area contributed by atoms with Crippen LogP contribution in [0.3, 0.4) is 0 Å². The van der Waals surface area contributed by atoms with E-state index >= 15 is 0 Å². The van der Waals surface area contributed by atoms with Gasteiger partial charge < -0.3 is 10.4 Å². The first-order valence-electron chi connectivity index (χ1n) is 7.04. The molecular formula is C16H17Cl2NO3. The largest absolute Gasteiger partial charge is 0.478 e. The van der Waals surface area contributed by atoms with E-state index in [1.807, 2.05) is 0 Å². The topological polar surface area (TPSA) is 66.4 Å². The molecule has 1 aromatic rings. The van der Waals surface area contributed by atoms with Gasteiger partial charge in [0.2, 0.25) is 0 Å². The van der Waals surface area contributed by atoms with Gasteiger partial charge in [-0.25, -0.2) is 4.79 Å². The zero-order chi connectivity index (χ0) is 16.3. The van der Waals surface area contributed by atoms with Crippen molar-refractivity contribution in [2.45, 2.75) is 38.3 Å². The maximum atomic E-state index is 12.7. The minimum absolute atomic E-state index is 0.147. The fourth-order valence-electron chi connectivity index (χ4n) is 2.13. The third-order valence-electron chi connectivity index (χ3n) is 3.55. The molecule has 1 aromatic carbocycles. The normalized spacial score (nSPS) is 16.0. The van der Waals surface area contributed by atoms with E-state index in [1.54, 1.807) is 19.1 Å². The summed E-state index contributed by atoms with van der Waals surface area (Å²) in [5.41, 5.74) is 1.07. The van der Waals surface area contributed by atoms with Gasteiger partial charge in [0, 0.05) is 22.7 Å². The standard InChI is InChI=1S/C16H17Cl2NO3/c1-9-12(17)8-7-11(15(9)18)16(22)13(19-10-5-6-10)3-2-4-14(20)21/h2,4,7-8,10,13,19H,3,5-6H2,1H3,(H,20,21). The summed E-state index contributed by atoms with van der Waals surface area (Å²) in [6.45, 7) is 1.76. The van der Waals surface area contributed by atoms with E-state index in [0.717, 1.165) is 18.9 Å². The van der Waals surface area contributed by atoms with Crippen molar-refractivity contribution in [1.82, 2.24) is 5.32 Å². The average molecular weight is 342 g/mol. The molecule has 0 spiro atoms. The van der Waals surface area contributed by atoms with Gasteiger partial charge >= 0.3 is 5.97 Å². The van der Waals surface area contributed by atoms with E-state index in [0.29, 0.717) is 33.6 Å². The van der Waals surface area contributed by atoms with Crippen molar-refractivity contribution in [3.05, 3.63) is 45.5 Å². The van der Waals surface area contributed by atoms with E-state index in [1.165, 1.54) is 6.08 Å². The summed E-state index contributed by atoms with van der Waals surface area (Å²) in [7, 11) is 0. The number of carboxylic acids is 1. The number of rotatable bonds is 7. The highest BCUT2D eigenvalue weighted by Crippen LogP contribution is 2.29. The van der Waals surface area contributed by atoms with E-state index in [4.69, 9.17) is 28.3 Å². The van der Waals surface area contributed by atoms with Gasteiger partial charge in [-0.1, -0.05) is 29.3 Å². The molecule has 0 bridgehead atoms. The van der Waals surface area contributed by atoms with Crippen LogP contribution in [0.15, 0.2) is 24.3 Å². The van der Waals surface area contributed by atoms with Crippen LogP contribution < -0.4 is 5.32 Å². The van der Waals surface area contributed by atoms with E-state index in [2.05, 4.69) is 5.32 Å². The molecule has 0 aromatic heterocycles.